The molecule has 2 heterocycles. The Balaban J connectivity index is 1.98. The van der Waals surface area contributed by atoms with Crippen LogP contribution in [-0.4, -0.2) is 35.0 Å². The first-order valence-corrected chi connectivity index (χ1v) is 5.54. The van der Waals surface area contributed by atoms with Gasteiger partial charge in [-0.2, -0.15) is 0 Å². The summed E-state index contributed by atoms with van der Waals surface area (Å²) < 4.78 is 0.626. The topological polar surface area (TPSA) is 66.9 Å². The third-order valence-corrected chi connectivity index (χ3v) is 2.66. The molecule has 15 heavy (non-hydrogen) atoms. The van der Waals surface area contributed by atoms with Crippen LogP contribution in [-0.2, 0) is 0 Å². The van der Waals surface area contributed by atoms with Crippen LogP contribution in [0.1, 0.15) is 16.9 Å². The molecule has 0 radical (unpaired) electrons. The summed E-state index contributed by atoms with van der Waals surface area (Å²) in [5.41, 5.74) is 0.352. The molecule has 1 unspecified atom stereocenters. The van der Waals surface area contributed by atoms with E-state index in [1.165, 1.54) is 12.4 Å². The quantitative estimate of drug-likeness (QED) is 0.813. The Hall–Kier alpha value is -1.01. The van der Waals surface area contributed by atoms with Crippen LogP contribution in [0.15, 0.2) is 17.0 Å². The summed E-state index contributed by atoms with van der Waals surface area (Å²) in [6.45, 7) is 1.78. The van der Waals surface area contributed by atoms with Crippen molar-refractivity contribution < 1.29 is 4.79 Å². The summed E-state index contributed by atoms with van der Waals surface area (Å²) in [7, 11) is 0. The fourth-order valence-corrected chi connectivity index (χ4v) is 1.67. The lowest BCUT2D eigenvalue weighted by molar-refractivity contribution is 0.0934. The normalized spacial score (nSPS) is 20.2. The van der Waals surface area contributed by atoms with Crippen LogP contribution in [0, 0.1) is 0 Å². The zero-order valence-corrected chi connectivity index (χ0v) is 9.62. The SMILES string of the molecule is O=C(NC1CCNC1)c1cnc(Br)cn1. The van der Waals surface area contributed by atoms with Gasteiger partial charge in [0.05, 0.1) is 12.4 Å². The van der Waals surface area contributed by atoms with E-state index < -0.39 is 0 Å². The first-order chi connectivity index (χ1) is 7.25. The van der Waals surface area contributed by atoms with E-state index in [1.54, 1.807) is 0 Å². The Morgan fingerprint density at radius 2 is 2.40 bits per heavy atom. The van der Waals surface area contributed by atoms with E-state index in [0.717, 1.165) is 19.5 Å². The zero-order valence-electron chi connectivity index (χ0n) is 8.03. The van der Waals surface area contributed by atoms with Gasteiger partial charge in [-0.25, -0.2) is 9.97 Å². The van der Waals surface area contributed by atoms with E-state index in [0.29, 0.717) is 10.3 Å². The smallest absolute Gasteiger partial charge is 0.271 e. The highest BCUT2D eigenvalue weighted by Gasteiger charge is 2.18. The molecule has 1 aliphatic rings. The lowest BCUT2D eigenvalue weighted by Crippen LogP contribution is -2.36. The maximum Gasteiger partial charge on any atom is 0.271 e. The van der Waals surface area contributed by atoms with E-state index in [4.69, 9.17) is 0 Å². The number of amides is 1. The lowest BCUT2D eigenvalue weighted by Gasteiger charge is -2.10. The molecule has 0 aromatic carbocycles. The Morgan fingerprint density at radius 1 is 1.53 bits per heavy atom. The van der Waals surface area contributed by atoms with Crippen LogP contribution >= 0.6 is 15.9 Å². The second-order valence-electron chi connectivity index (χ2n) is 3.39. The molecule has 1 amide bonds. The van der Waals surface area contributed by atoms with Crippen LogP contribution in [0.2, 0.25) is 0 Å². The molecule has 1 aromatic rings. The van der Waals surface area contributed by atoms with E-state index in [9.17, 15) is 4.79 Å². The highest BCUT2D eigenvalue weighted by Crippen LogP contribution is 2.04. The summed E-state index contributed by atoms with van der Waals surface area (Å²) in [6.07, 6.45) is 3.94. The van der Waals surface area contributed by atoms with Gasteiger partial charge in [0.2, 0.25) is 0 Å². The summed E-state index contributed by atoms with van der Waals surface area (Å²) in [6, 6.07) is 0.211. The van der Waals surface area contributed by atoms with Crippen LogP contribution < -0.4 is 10.6 Å². The molecule has 0 saturated carbocycles. The first-order valence-electron chi connectivity index (χ1n) is 4.75. The van der Waals surface area contributed by atoms with Gasteiger partial charge in [-0.15, -0.1) is 0 Å². The molecule has 1 fully saturated rings. The van der Waals surface area contributed by atoms with Crippen LogP contribution in [0.3, 0.4) is 0 Å². The molecular weight excluding hydrogens is 260 g/mol. The fourth-order valence-electron chi connectivity index (χ4n) is 1.47. The lowest BCUT2D eigenvalue weighted by atomic mass is 10.2. The van der Waals surface area contributed by atoms with Crippen molar-refractivity contribution in [3.63, 3.8) is 0 Å². The molecule has 6 heteroatoms. The average Bonchev–Trinajstić information content (AvgIpc) is 2.71. The van der Waals surface area contributed by atoms with Crippen molar-refractivity contribution in [2.45, 2.75) is 12.5 Å². The van der Waals surface area contributed by atoms with E-state index in [1.807, 2.05) is 0 Å². The number of carbonyl (C=O) groups excluding carboxylic acids is 1. The molecule has 80 valence electrons. The van der Waals surface area contributed by atoms with Crippen LogP contribution in [0.4, 0.5) is 0 Å². The molecule has 0 spiro atoms. The van der Waals surface area contributed by atoms with Gasteiger partial charge in [0.1, 0.15) is 10.3 Å². The zero-order chi connectivity index (χ0) is 10.7. The molecule has 2 rings (SSSR count). The molecule has 1 aromatic heterocycles. The predicted octanol–water partition coefficient (Wildman–Crippen LogP) is 0.331. The molecule has 0 bridgehead atoms. The van der Waals surface area contributed by atoms with Crippen molar-refractivity contribution in [3.05, 3.63) is 22.7 Å². The molecule has 1 saturated heterocycles. The Kier molecular flexibility index (Phi) is 3.27. The van der Waals surface area contributed by atoms with E-state index in [-0.39, 0.29) is 11.9 Å². The Morgan fingerprint density at radius 3 is 3.00 bits per heavy atom. The van der Waals surface area contributed by atoms with E-state index >= 15 is 0 Å². The molecule has 2 N–H and O–H groups in total. The predicted molar refractivity (Wildman–Crippen MR) is 58.5 cm³/mol. The van der Waals surface area contributed by atoms with Gasteiger partial charge in [0.25, 0.3) is 5.91 Å². The molecular formula is C9H11BrN4O. The molecule has 0 aliphatic carbocycles. The largest absolute Gasteiger partial charge is 0.347 e. The van der Waals surface area contributed by atoms with Gasteiger partial charge >= 0.3 is 0 Å². The van der Waals surface area contributed by atoms with Gasteiger partial charge in [-0.05, 0) is 28.9 Å². The van der Waals surface area contributed by atoms with E-state index in [2.05, 4.69) is 36.5 Å². The van der Waals surface area contributed by atoms with Gasteiger partial charge in [0, 0.05) is 12.6 Å². The van der Waals surface area contributed by atoms with Gasteiger partial charge in [-0.1, -0.05) is 0 Å². The Labute approximate surface area is 95.8 Å². The number of halogens is 1. The number of hydrogen-bond donors (Lipinski definition) is 2. The second kappa shape index (κ2) is 4.67. The first kappa shape index (κ1) is 10.5. The minimum atomic E-state index is -0.163. The van der Waals surface area contributed by atoms with Crippen molar-refractivity contribution >= 4 is 21.8 Å². The highest BCUT2D eigenvalue weighted by atomic mass is 79.9. The molecule has 5 nitrogen and oxygen atoms in total. The third kappa shape index (κ3) is 2.73. The average molecular weight is 271 g/mol. The van der Waals surface area contributed by atoms with Crippen LogP contribution in [0.25, 0.3) is 0 Å². The second-order valence-corrected chi connectivity index (χ2v) is 4.20. The summed E-state index contributed by atoms with van der Waals surface area (Å²) in [5.74, 6) is -0.163. The number of rotatable bonds is 2. The number of aromatic nitrogens is 2. The number of carbonyl (C=O) groups is 1. The van der Waals surface area contributed by atoms with Crippen molar-refractivity contribution in [3.8, 4) is 0 Å². The summed E-state index contributed by atoms with van der Waals surface area (Å²) >= 11 is 3.17. The minimum absolute atomic E-state index is 0.163. The fraction of sp³-hybridized carbons (Fsp3) is 0.444. The van der Waals surface area contributed by atoms with Crippen molar-refractivity contribution in [1.29, 1.82) is 0 Å². The Bertz CT molecular complexity index is 348. The van der Waals surface area contributed by atoms with Crippen molar-refractivity contribution in [1.82, 2.24) is 20.6 Å². The van der Waals surface area contributed by atoms with Crippen molar-refractivity contribution in [2.75, 3.05) is 13.1 Å². The van der Waals surface area contributed by atoms with Gasteiger partial charge in [-0.3, -0.25) is 4.79 Å². The monoisotopic (exact) mass is 270 g/mol. The van der Waals surface area contributed by atoms with Gasteiger partial charge in [0.15, 0.2) is 0 Å². The summed E-state index contributed by atoms with van der Waals surface area (Å²) in [4.78, 5) is 19.6. The van der Waals surface area contributed by atoms with Gasteiger partial charge < -0.3 is 10.6 Å². The molecule has 1 atom stereocenters. The standard InChI is InChI=1S/C9H11BrN4O/c10-8-5-12-7(4-13-8)9(15)14-6-1-2-11-3-6/h4-6,11H,1-3H2,(H,14,15). The third-order valence-electron chi connectivity index (χ3n) is 2.25. The molecule has 1 aliphatic heterocycles. The number of nitrogens with zero attached hydrogens (tertiary/aromatic N) is 2. The number of hydrogen-bond acceptors (Lipinski definition) is 4. The number of nitrogens with one attached hydrogen (secondary N) is 2. The maximum absolute atomic E-state index is 11.7. The van der Waals surface area contributed by atoms with Crippen molar-refractivity contribution in [2.24, 2.45) is 0 Å². The highest BCUT2D eigenvalue weighted by molar-refractivity contribution is 9.10. The van der Waals surface area contributed by atoms with Crippen LogP contribution in [0.5, 0.6) is 0 Å². The maximum atomic E-state index is 11.7. The summed E-state index contributed by atoms with van der Waals surface area (Å²) in [5, 5.41) is 6.08. The minimum Gasteiger partial charge on any atom is -0.347 e.